The second-order valence-electron chi connectivity index (χ2n) is 3.78. The van der Waals surface area contributed by atoms with E-state index in [1.165, 1.54) is 0 Å². The number of allylic oxidation sites excluding steroid dienone is 1. The molecule has 0 aromatic carbocycles. The largest absolute Gasteiger partial charge is 0.328 e. The molecule has 3 nitrogen and oxygen atoms in total. The molecule has 4 heteroatoms. The van der Waals surface area contributed by atoms with E-state index in [-0.39, 0.29) is 6.04 Å². The molecule has 1 atom stereocenters. The van der Waals surface area contributed by atoms with Gasteiger partial charge in [-0.1, -0.05) is 18.2 Å². The van der Waals surface area contributed by atoms with E-state index >= 15 is 0 Å². The number of aromatic nitrogens is 2. The van der Waals surface area contributed by atoms with E-state index in [4.69, 9.17) is 17.3 Å². The average molecular weight is 226 g/mol. The Kier molecular flexibility index (Phi) is 4.24. The summed E-state index contributed by atoms with van der Waals surface area (Å²) in [5.41, 5.74) is 8.32. The molecule has 0 spiro atoms. The van der Waals surface area contributed by atoms with Crippen molar-refractivity contribution in [2.75, 3.05) is 0 Å². The van der Waals surface area contributed by atoms with Gasteiger partial charge in [-0.25, -0.2) is 4.98 Å². The highest BCUT2D eigenvalue weighted by Gasteiger charge is 2.08. The smallest absolute Gasteiger partial charge is 0.147 e. The molecular weight excluding hydrogens is 210 g/mol. The zero-order valence-electron chi connectivity index (χ0n) is 9.13. The lowest BCUT2D eigenvalue weighted by Gasteiger charge is -2.09. The molecule has 0 aliphatic rings. The Bertz CT molecular complexity index is 361. The second-order valence-corrected chi connectivity index (χ2v) is 4.17. The topological polar surface area (TPSA) is 51.8 Å². The fourth-order valence-electron chi connectivity index (χ4n) is 1.30. The third-order valence-electron chi connectivity index (χ3n) is 2.06. The van der Waals surface area contributed by atoms with E-state index in [2.05, 4.69) is 16.5 Å². The molecule has 15 heavy (non-hydrogen) atoms. The van der Waals surface area contributed by atoms with Crippen LogP contribution in [0, 0.1) is 0 Å². The van der Waals surface area contributed by atoms with Crippen molar-refractivity contribution in [3.8, 4) is 0 Å². The summed E-state index contributed by atoms with van der Waals surface area (Å²) in [4.78, 5) is 8.47. The predicted molar refractivity (Wildman–Crippen MR) is 63.7 cm³/mol. The van der Waals surface area contributed by atoms with Gasteiger partial charge in [-0.2, -0.15) is 0 Å². The summed E-state index contributed by atoms with van der Waals surface area (Å²) in [5, 5.41) is 0.416. The highest BCUT2D eigenvalue weighted by Crippen LogP contribution is 2.17. The fourth-order valence-corrected chi connectivity index (χ4v) is 1.45. The van der Waals surface area contributed by atoms with Crippen LogP contribution in [0.2, 0.25) is 5.15 Å². The van der Waals surface area contributed by atoms with E-state index < -0.39 is 0 Å². The maximum Gasteiger partial charge on any atom is 0.147 e. The number of hydrogen-bond acceptors (Lipinski definition) is 3. The Morgan fingerprint density at radius 1 is 1.67 bits per heavy atom. The Morgan fingerprint density at radius 3 is 2.87 bits per heavy atom. The maximum absolute atomic E-state index is 5.80. The van der Waals surface area contributed by atoms with Gasteiger partial charge in [0.15, 0.2) is 0 Å². The molecule has 0 radical (unpaired) electrons. The quantitative estimate of drug-likeness (QED) is 0.857. The lowest BCUT2D eigenvalue weighted by molar-refractivity contribution is 0.655. The van der Waals surface area contributed by atoms with E-state index in [1.54, 1.807) is 6.20 Å². The van der Waals surface area contributed by atoms with E-state index in [0.29, 0.717) is 5.15 Å². The van der Waals surface area contributed by atoms with Crippen molar-refractivity contribution >= 4 is 17.2 Å². The average Bonchev–Trinajstić information content (AvgIpc) is 2.14. The van der Waals surface area contributed by atoms with Gasteiger partial charge >= 0.3 is 0 Å². The van der Waals surface area contributed by atoms with Crippen molar-refractivity contribution in [3.05, 3.63) is 29.3 Å². The first-order valence-electron chi connectivity index (χ1n) is 4.93. The number of halogens is 1. The highest BCUT2D eigenvalue weighted by molar-refractivity contribution is 6.29. The first kappa shape index (κ1) is 12.1. The maximum atomic E-state index is 5.80. The Hall–Kier alpha value is -0.930. The summed E-state index contributed by atoms with van der Waals surface area (Å²) in [5.74, 6) is 0. The molecule has 0 aliphatic carbocycles. The normalized spacial score (nSPS) is 12.5. The lowest BCUT2D eigenvalue weighted by atomic mass is 10.1. The minimum Gasteiger partial charge on any atom is -0.328 e. The van der Waals surface area contributed by atoms with Crippen LogP contribution in [0.1, 0.15) is 31.7 Å². The van der Waals surface area contributed by atoms with Crippen molar-refractivity contribution in [1.82, 2.24) is 9.97 Å². The van der Waals surface area contributed by atoms with Crippen LogP contribution < -0.4 is 5.73 Å². The zero-order chi connectivity index (χ0) is 11.4. The number of nitrogens with zero attached hydrogens (tertiary/aromatic N) is 2. The summed E-state index contributed by atoms with van der Waals surface area (Å²) in [7, 11) is 0. The molecule has 0 aliphatic heterocycles. The zero-order valence-corrected chi connectivity index (χ0v) is 9.88. The minimum absolute atomic E-state index is 0.156. The summed E-state index contributed by atoms with van der Waals surface area (Å²) < 4.78 is 0. The van der Waals surface area contributed by atoms with E-state index in [1.807, 2.05) is 13.8 Å². The molecule has 0 saturated carbocycles. The van der Waals surface area contributed by atoms with Gasteiger partial charge in [0.25, 0.3) is 0 Å². The molecule has 1 rings (SSSR count). The third kappa shape index (κ3) is 3.61. The number of hydrogen-bond donors (Lipinski definition) is 1. The summed E-state index contributed by atoms with van der Waals surface area (Å²) in [6.07, 6.45) is 3.20. The molecule has 82 valence electrons. The van der Waals surface area contributed by atoms with Gasteiger partial charge in [0.1, 0.15) is 5.15 Å². The molecular formula is C11H16ClN3. The first-order chi connectivity index (χ1) is 7.00. The van der Waals surface area contributed by atoms with Gasteiger partial charge in [0.05, 0.1) is 17.6 Å². The molecule has 0 saturated heterocycles. The van der Waals surface area contributed by atoms with Crippen LogP contribution in [0.5, 0.6) is 0 Å². The molecule has 0 unspecified atom stereocenters. The molecule has 1 aromatic heterocycles. The molecule has 0 amide bonds. The summed E-state index contributed by atoms with van der Waals surface area (Å²) >= 11 is 5.80. The molecule has 0 fully saturated rings. The molecule has 0 bridgehead atoms. The van der Waals surface area contributed by atoms with Gasteiger partial charge in [-0.15, -0.1) is 0 Å². The Balaban J connectivity index is 2.92. The first-order valence-corrected chi connectivity index (χ1v) is 5.31. The number of rotatable bonds is 4. The summed E-state index contributed by atoms with van der Waals surface area (Å²) in [6.45, 7) is 7.75. The van der Waals surface area contributed by atoms with Crippen molar-refractivity contribution in [3.63, 3.8) is 0 Å². The van der Waals surface area contributed by atoms with Crippen LogP contribution in [0.3, 0.4) is 0 Å². The monoisotopic (exact) mass is 225 g/mol. The van der Waals surface area contributed by atoms with Crippen LogP contribution in [0.15, 0.2) is 12.8 Å². The lowest BCUT2D eigenvalue weighted by Crippen LogP contribution is -2.16. The number of aryl methyl sites for hydroxylation is 1. The number of nitrogens with two attached hydrogens (primary N) is 1. The molecule has 2 N–H and O–H groups in total. The van der Waals surface area contributed by atoms with Crippen molar-refractivity contribution < 1.29 is 0 Å². The third-order valence-corrected chi connectivity index (χ3v) is 2.24. The van der Waals surface area contributed by atoms with Crippen LogP contribution in [-0.4, -0.2) is 16.0 Å². The van der Waals surface area contributed by atoms with Crippen molar-refractivity contribution in [2.24, 2.45) is 5.73 Å². The van der Waals surface area contributed by atoms with Crippen LogP contribution in [0.25, 0.3) is 5.57 Å². The fraction of sp³-hybridized carbons (Fsp3) is 0.455. The van der Waals surface area contributed by atoms with Crippen molar-refractivity contribution in [2.45, 2.75) is 32.7 Å². The standard InChI is InChI=1S/C11H16ClN3/c1-7(2)11-9(5-4-8(3)13)15-10(12)6-14-11/h6,8H,1,4-5,13H2,2-3H3/t8-/m0/s1. The van der Waals surface area contributed by atoms with Gasteiger partial charge in [0.2, 0.25) is 0 Å². The second kappa shape index (κ2) is 5.24. The van der Waals surface area contributed by atoms with Gasteiger partial charge in [0, 0.05) is 6.04 Å². The van der Waals surface area contributed by atoms with Gasteiger partial charge in [-0.05, 0) is 32.3 Å². The molecule has 1 heterocycles. The van der Waals surface area contributed by atoms with Crippen LogP contribution >= 0.6 is 11.6 Å². The Labute approximate surface area is 95.4 Å². The minimum atomic E-state index is 0.156. The van der Waals surface area contributed by atoms with Crippen molar-refractivity contribution in [1.29, 1.82) is 0 Å². The Morgan fingerprint density at radius 2 is 2.33 bits per heavy atom. The van der Waals surface area contributed by atoms with Crippen LogP contribution in [0.4, 0.5) is 0 Å². The SMILES string of the molecule is C=C(C)c1ncc(Cl)nc1CC[C@H](C)N. The molecule has 1 aromatic rings. The van der Waals surface area contributed by atoms with E-state index in [9.17, 15) is 0 Å². The highest BCUT2D eigenvalue weighted by atomic mass is 35.5. The van der Waals surface area contributed by atoms with Crippen LogP contribution in [-0.2, 0) is 6.42 Å². The van der Waals surface area contributed by atoms with Gasteiger partial charge in [-0.3, -0.25) is 4.98 Å². The van der Waals surface area contributed by atoms with Gasteiger partial charge < -0.3 is 5.73 Å². The summed E-state index contributed by atoms with van der Waals surface area (Å²) in [6, 6.07) is 0.156. The van der Waals surface area contributed by atoms with E-state index in [0.717, 1.165) is 29.8 Å². The predicted octanol–water partition coefficient (Wildman–Crippen LogP) is 2.44.